The summed E-state index contributed by atoms with van der Waals surface area (Å²) >= 11 is 0. The van der Waals surface area contributed by atoms with E-state index in [1.54, 1.807) is 0 Å². The molecular weight excluding hydrogens is 327 g/mol. The van der Waals surface area contributed by atoms with Crippen LogP contribution < -0.4 is 10.6 Å². The molecule has 2 aliphatic rings. The number of nitrogens with one attached hydrogen (secondary N) is 2. The molecule has 2 N–H and O–H groups in total. The fraction of sp³-hybridized carbons (Fsp3) is 0.550. The Morgan fingerprint density at radius 2 is 1.73 bits per heavy atom. The lowest BCUT2D eigenvalue weighted by Crippen LogP contribution is -2.41. The van der Waals surface area contributed by atoms with E-state index in [-0.39, 0.29) is 24.2 Å². The third kappa shape index (κ3) is 4.19. The average Bonchev–Trinajstić information content (AvgIpc) is 3.34. The van der Waals surface area contributed by atoms with Crippen molar-refractivity contribution in [2.75, 3.05) is 13.6 Å². The summed E-state index contributed by atoms with van der Waals surface area (Å²) in [5, 5.41) is 6.19. The van der Waals surface area contributed by atoms with E-state index < -0.39 is 0 Å². The number of likely N-dealkylation sites (N-methyl/N-ethyl adjacent to an activating group) is 1. The number of amides is 1. The number of carbonyl (C=O) groups excluding carboxylic acids is 1. The molecule has 3 rings (SSSR count). The quantitative estimate of drug-likeness (QED) is 0.770. The van der Waals surface area contributed by atoms with Gasteiger partial charge in [0.25, 0.3) is 5.91 Å². The Morgan fingerprint density at radius 3 is 2.23 bits per heavy atom. The Balaban J connectivity index is 1.75. The van der Waals surface area contributed by atoms with Crippen LogP contribution in [0.2, 0.25) is 0 Å². The molecular formula is C20H29BN2O3. The Bertz CT molecular complexity index is 678. The van der Waals surface area contributed by atoms with Gasteiger partial charge in [0, 0.05) is 18.2 Å². The minimum absolute atomic E-state index is 0.00411. The van der Waals surface area contributed by atoms with Crippen molar-refractivity contribution in [2.24, 2.45) is 0 Å². The van der Waals surface area contributed by atoms with Gasteiger partial charge in [0.2, 0.25) is 0 Å². The topological polar surface area (TPSA) is 59.6 Å². The molecule has 0 bridgehead atoms. The SMILES string of the molecule is CNCC(=Cc1ccc(C(=O)NC2CC2)cc1)B1OC(C)(C)C(C)(C)O1. The predicted molar refractivity (Wildman–Crippen MR) is 105 cm³/mol. The van der Waals surface area contributed by atoms with Crippen LogP contribution in [0.5, 0.6) is 0 Å². The highest BCUT2D eigenvalue weighted by Crippen LogP contribution is 2.38. The molecule has 1 aliphatic carbocycles. The molecule has 1 heterocycles. The summed E-state index contributed by atoms with van der Waals surface area (Å²) < 4.78 is 12.3. The second kappa shape index (κ2) is 7.18. The number of carbonyl (C=O) groups is 1. The number of benzene rings is 1. The Hall–Kier alpha value is -1.63. The van der Waals surface area contributed by atoms with Gasteiger partial charge in [0.05, 0.1) is 11.2 Å². The zero-order valence-electron chi connectivity index (χ0n) is 16.4. The average molecular weight is 356 g/mol. The normalized spacial score (nSPS) is 21.7. The second-order valence-electron chi connectivity index (χ2n) is 8.21. The Morgan fingerprint density at radius 1 is 1.15 bits per heavy atom. The maximum atomic E-state index is 12.1. The van der Waals surface area contributed by atoms with Crippen LogP contribution in [0.15, 0.2) is 29.7 Å². The van der Waals surface area contributed by atoms with E-state index in [1.807, 2.05) is 31.3 Å². The number of hydrogen-bond donors (Lipinski definition) is 2. The van der Waals surface area contributed by atoms with Crippen molar-refractivity contribution < 1.29 is 14.1 Å². The molecule has 0 atom stereocenters. The lowest BCUT2D eigenvalue weighted by atomic mass is 9.77. The van der Waals surface area contributed by atoms with Crippen molar-refractivity contribution in [3.8, 4) is 0 Å². The third-order valence-electron chi connectivity index (χ3n) is 5.37. The highest BCUT2D eigenvalue weighted by molar-refractivity contribution is 6.55. The van der Waals surface area contributed by atoms with E-state index in [0.717, 1.165) is 23.9 Å². The Kier molecular flexibility index (Phi) is 5.29. The van der Waals surface area contributed by atoms with Gasteiger partial charge in [0.1, 0.15) is 0 Å². The van der Waals surface area contributed by atoms with Crippen LogP contribution in [-0.2, 0) is 9.31 Å². The molecule has 140 valence electrons. The smallest absolute Gasteiger partial charge is 0.400 e. The lowest BCUT2D eigenvalue weighted by molar-refractivity contribution is 0.00578. The molecule has 1 saturated carbocycles. The zero-order valence-corrected chi connectivity index (χ0v) is 16.4. The monoisotopic (exact) mass is 356 g/mol. The molecule has 0 aromatic heterocycles. The van der Waals surface area contributed by atoms with Crippen LogP contribution in [0.25, 0.3) is 6.08 Å². The van der Waals surface area contributed by atoms with Gasteiger partial charge in [-0.1, -0.05) is 18.2 Å². The van der Waals surface area contributed by atoms with Gasteiger partial charge in [-0.2, -0.15) is 0 Å². The predicted octanol–water partition coefficient (Wildman–Crippen LogP) is 2.81. The summed E-state index contributed by atoms with van der Waals surface area (Å²) in [6, 6.07) is 8.02. The molecule has 1 amide bonds. The highest BCUT2D eigenvalue weighted by Gasteiger charge is 2.52. The molecule has 1 aromatic rings. The van der Waals surface area contributed by atoms with Crippen molar-refractivity contribution in [2.45, 2.75) is 57.8 Å². The van der Waals surface area contributed by atoms with Crippen molar-refractivity contribution in [1.82, 2.24) is 10.6 Å². The molecule has 5 nitrogen and oxygen atoms in total. The van der Waals surface area contributed by atoms with Crippen molar-refractivity contribution in [3.05, 3.63) is 40.9 Å². The number of rotatable bonds is 6. The van der Waals surface area contributed by atoms with E-state index in [2.05, 4.69) is 44.4 Å². The largest absolute Gasteiger partial charge is 0.491 e. The van der Waals surface area contributed by atoms with Crippen LogP contribution in [-0.4, -0.2) is 43.9 Å². The molecule has 1 aliphatic heterocycles. The van der Waals surface area contributed by atoms with Crippen LogP contribution in [0.4, 0.5) is 0 Å². The van der Waals surface area contributed by atoms with Gasteiger partial charge in [-0.3, -0.25) is 4.79 Å². The summed E-state index contributed by atoms with van der Waals surface area (Å²) in [5.41, 5.74) is 2.01. The van der Waals surface area contributed by atoms with E-state index >= 15 is 0 Å². The minimum Gasteiger partial charge on any atom is -0.400 e. The van der Waals surface area contributed by atoms with E-state index in [1.165, 1.54) is 0 Å². The van der Waals surface area contributed by atoms with Gasteiger partial charge in [-0.15, -0.1) is 0 Å². The standard InChI is InChI=1S/C20H29BN2O3/c1-19(2)20(3,4)26-21(25-19)16(13-22-5)12-14-6-8-15(9-7-14)18(24)23-17-10-11-17/h6-9,12,17,22H,10-11,13H2,1-5H3,(H,23,24). The molecule has 0 radical (unpaired) electrons. The molecule has 0 unspecified atom stereocenters. The molecule has 1 saturated heterocycles. The first-order valence-corrected chi connectivity index (χ1v) is 9.33. The van der Waals surface area contributed by atoms with Crippen molar-refractivity contribution in [1.29, 1.82) is 0 Å². The highest BCUT2D eigenvalue weighted by atomic mass is 16.7. The van der Waals surface area contributed by atoms with Crippen LogP contribution in [0.3, 0.4) is 0 Å². The van der Waals surface area contributed by atoms with Gasteiger partial charge in [0.15, 0.2) is 0 Å². The van der Waals surface area contributed by atoms with E-state index in [9.17, 15) is 4.79 Å². The summed E-state index contributed by atoms with van der Waals surface area (Å²) in [6.07, 6.45) is 4.25. The van der Waals surface area contributed by atoms with Gasteiger partial charge >= 0.3 is 7.12 Å². The molecule has 26 heavy (non-hydrogen) atoms. The van der Waals surface area contributed by atoms with E-state index in [4.69, 9.17) is 9.31 Å². The van der Waals surface area contributed by atoms with Crippen molar-refractivity contribution >= 4 is 19.1 Å². The summed E-state index contributed by atoms with van der Waals surface area (Å²) in [7, 11) is 1.52. The van der Waals surface area contributed by atoms with E-state index in [0.29, 0.717) is 18.2 Å². The molecule has 1 aromatic carbocycles. The first-order chi connectivity index (χ1) is 12.2. The maximum absolute atomic E-state index is 12.1. The summed E-state index contributed by atoms with van der Waals surface area (Å²) in [4.78, 5) is 12.1. The Labute approximate surface area is 156 Å². The third-order valence-corrected chi connectivity index (χ3v) is 5.37. The minimum atomic E-state index is -0.384. The first kappa shape index (κ1) is 19.1. The maximum Gasteiger partial charge on any atom is 0.491 e. The lowest BCUT2D eigenvalue weighted by Gasteiger charge is -2.32. The fourth-order valence-electron chi connectivity index (χ4n) is 2.84. The first-order valence-electron chi connectivity index (χ1n) is 9.33. The summed E-state index contributed by atoms with van der Waals surface area (Å²) in [5.74, 6) is 0.00411. The van der Waals surface area contributed by atoms with Gasteiger partial charge < -0.3 is 19.9 Å². The molecule has 6 heteroatoms. The van der Waals surface area contributed by atoms with Gasteiger partial charge in [-0.25, -0.2) is 0 Å². The molecule has 0 spiro atoms. The second-order valence-corrected chi connectivity index (χ2v) is 8.21. The van der Waals surface area contributed by atoms with Crippen LogP contribution >= 0.6 is 0 Å². The zero-order chi connectivity index (χ0) is 18.9. The van der Waals surface area contributed by atoms with Gasteiger partial charge in [-0.05, 0) is 70.8 Å². The fourth-order valence-corrected chi connectivity index (χ4v) is 2.84. The number of hydrogen-bond acceptors (Lipinski definition) is 4. The van der Waals surface area contributed by atoms with Crippen LogP contribution in [0, 0.1) is 0 Å². The van der Waals surface area contributed by atoms with Crippen LogP contribution in [0.1, 0.15) is 56.5 Å². The molecule has 2 fully saturated rings. The van der Waals surface area contributed by atoms with Crippen molar-refractivity contribution in [3.63, 3.8) is 0 Å². The summed E-state index contributed by atoms with van der Waals surface area (Å²) in [6.45, 7) is 8.88.